The number of hydrogen-bond acceptors (Lipinski definition) is 3. The zero-order valence-electron chi connectivity index (χ0n) is 11.7. The molecule has 1 N–H and O–H groups in total. The number of para-hydroxylation sites is 2. The van der Waals surface area contributed by atoms with Gasteiger partial charge in [-0.2, -0.15) is 0 Å². The maximum atomic E-state index is 5.92. The SMILES string of the molecule is CC1(CCNC2CCCCC2)Oc2ccccc2O1. The predicted molar refractivity (Wildman–Crippen MR) is 75.6 cm³/mol. The Bertz CT molecular complexity index is 402. The lowest BCUT2D eigenvalue weighted by molar-refractivity contribution is -0.0677. The van der Waals surface area contributed by atoms with Gasteiger partial charge in [0, 0.05) is 25.9 Å². The molecular formula is C16H23NO2. The molecule has 3 heteroatoms. The highest BCUT2D eigenvalue weighted by Gasteiger charge is 2.36. The van der Waals surface area contributed by atoms with Gasteiger partial charge < -0.3 is 14.8 Å². The Morgan fingerprint density at radius 2 is 1.74 bits per heavy atom. The summed E-state index contributed by atoms with van der Waals surface area (Å²) in [5.41, 5.74) is 0. The molecule has 0 radical (unpaired) electrons. The topological polar surface area (TPSA) is 30.5 Å². The number of ether oxygens (including phenoxy) is 2. The lowest BCUT2D eigenvalue weighted by atomic mass is 9.95. The molecule has 1 fully saturated rings. The molecule has 3 rings (SSSR count). The van der Waals surface area contributed by atoms with Crippen molar-refractivity contribution in [2.45, 2.75) is 57.3 Å². The van der Waals surface area contributed by atoms with Gasteiger partial charge in [-0.15, -0.1) is 0 Å². The molecule has 104 valence electrons. The van der Waals surface area contributed by atoms with Gasteiger partial charge in [0.1, 0.15) is 0 Å². The highest BCUT2D eigenvalue weighted by molar-refractivity contribution is 5.42. The van der Waals surface area contributed by atoms with Crippen molar-refractivity contribution >= 4 is 0 Å². The van der Waals surface area contributed by atoms with Crippen molar-refractivity contribution in [2.75, 3.05) is 6.54 Å². The van der Waals surface area contributed by atoms with Gasteiger partial charge in [-0.3, -0.25) is 0 Å². The quantitative estimate of drug-likeness (QED) is 0.900. The van der Waals surface area contributed by atoms with Crippen LogP contribution in [0, 0.1) is 0 Å². The second kappa shape index (κ2) is 5.41. The van der Waals surface area contributed by atoms with Gasteiger partial charge in [-0.05, 0) is 25.0 Å². The lowest BCUT2D eigenvalue weighted by Crippen LogP contribution is -2.40. The first-order valence-electron chi connectivity index (χ1n) is 7.46. The highest BCUT2D eigenvalue weighted by Crippen LogP contribution is 2.39. The third-order valence-corrected chi connectivity index (χ3v) is 4.12. The van der Waals surface area contributed by atoms with Crippen LogP contribution in [0.2, 0.25) is 0 Å². The van der Waals surface area contributed by atoms with Crippen molar-refractivity contribution in [2.24, 2.45) is 0 Å². The fraction of sp³-hybridized carbons (Fsp3) is 0.625. The second-order valence-electron chi connectivity index (χ2n) is 5.82. The summed E-state index contributed by atoms with van der Waals surface area (Å²) in [6.45, 7) is 2.98. The molecule has 0 bridgehead atoms. The number of hydrogen-bond donors (Lipinski definition) is 1. The van der Waals surface area contributed by atoms with Crippen LogP contribution in [-0.4, -0.2) is 18.4 Å². The lowest BCUT2D eigenvalue weighted by Gasteiger charge is -2.26. The third kappa shape index (κ3) is 3.03. The second-order valence-corrected chi connectivity index (χ2v) is 5.82. The Kier molecular flexibility index (Phi) is 3.65. The van der Waals surface area contributed by atoms with E-state index in [2.05, 4.69) is 5.32 Å². The van der Waals surface area contributed by atoms with Crippen LogP contribution in [0.5, 0.6) is 11.5 Å². The average Bonchev–Trinajstić information content (AvgIpc) is 2.76. The maximum Gasteiger partial charge on any atom is 0.250 e. The van der Waals surface area contributed by atoms with Gasteiger partial charge >= 0.3 is 0 Å². The van der Waals surface area contributed by atoms with E-state index >= 15 is 0 Å². The zero-order chi connectivity index (χ0) is 13.1. The first kappa shape index (κ1) is 12.8. The van der Waals surface area contributed by atoms with E-state index in [1.165, 1.54) is 32.1 Å². The fourth-order valence-electron chi connectivity index (χ4n) is 3.02. The summed E-state index contributed by atoms with van der Waals surface area (Å²) in [6, 6.07) is 8.59. The van der Waals surface area contributed by atoms with E-state index in [0.29, 0.717) is 6.04 Å². The van der Waals surface area contributed by atoms with E-state index in [0.717, 1.165) is 24.5 Å². The van der Waals surface area contributed by atoms with Crippen molar-refractivity contribution in [1.29, 1.82) is 0 Å². The standard InChI is InChI=1S/C16H23NO2/c1-16(11-12-17-13-7-3-2-4-8-13)18-14-9-5-6-10-15(14)19-16/h5-6,9-10,13,17H,2-4,7-8,11-12H2,1H3. The van der Waals surface area contributed by atoms with E-state index in [4.69, 9.17) is 9.47 Å². The molecular weight excluding hydrogens is 238 g/mol. The van der Waals surface area contributed by atoms with E-state index < -0.39 is 5.79 Å². The minimum absolute atomic E-state index is 0.509. The summed E-state index contributed by atoms with van der Waals surface area (Å²) >= 11 is 0. The van der Waals surface area contributed by atoms with Crippen molar-refractivity contribution in [3.8, 4) is 11.5 Å². The van der Waals surface area contributed by atoms with Crippen LogP contribution in [0.1, 0.15) is 45.4 Å². The molecule has 1 aliphatic carbocycles. The van der Waals surface area contributed by atoms with Gasteiger partial charge in [-0.1, -0.05) is 31.4 Å². The van der Waals surface area contributed by atoms with Crippen LogP contribution >= 0.6 is 0 Å². The molecule has 1 saturated carbocycles. The number of nitrogens with one attached hydrogen (secondary N) is 1. The molecule has 0 spiro atoms. The molecule has 19 heavy (non-hydrogen) atoms. The Balaban J connectivity index is 1.48. The van der Waals surface area contributed by atoms with Crippen molar-refractivity contribution in [3.63, 3.8) is 0 Å². The summed E-state index contributed by atoms with van der Waals surface area (Å²) < 4.78 is 11.8. The van der Waals surface area contributed by atoms with Crippen LogP contribution in [-0.2, 0) is 0 Å². The molecule has 3 nitrogen and oxygen atoms in total. The summed E-state index contributed by atoms with van der Waals surface area (Å²) in [5.74, 6) is 1.22. The van der Waals surface area contributed by atoms with Gasteiger partial charge in [0.25, 0.3) is 0 Å². The Labute approximate surface area is 115 Å². The minimum atomic E-state index is -0.509. The van der Waals surface area contributed by atoms with E-state index in [1.807, 2.05) is 31.2 Å². The molecule has 1 aromatic carbocycles. The smallest absolute Gasteiger partial charge is 0.250 e. The first-order chi connectivity index (χ1) is 9.25. The highest BCUT2D eigenvalue weighted by atomic mass is 16.7. The molecule has 0 aromatic heterocycles. The molecule has 0 unspecified atom stereocenters. The largest absolute Gasteiger partial charge is 0.449 e. The third-order valence-electron chi connectivity index (χ3n) is 4.12. The summed E-state index contributed by atoms with van der Waals surface area (Å²) in [5, 5.41) is 3.64. The van der Waals surface area contributed by atoms with E-state index in [9.17, 15) is 0 Å². The van der Waals surface area contributed by atoms with Crippen LogP contribution in [0.25, 0.3) is 0 Å². The molecule has 1 aromatic rings. The van der Waals surface area contributed by atoms with Crippen LogP contribution in [0.15, 0.2) is 24.3 Å². The molecule has 0 atom stereocenters. The molecule has 2 aliphatic rings. The first-order valence-corrected chi connectivity index (χ1v) is 7.46. The van der Waals surface area contributed by atoms with Gasteiger partial charge in [0.15, 0.2) is 11.5 Å². The summed E-state index contributed by atoms with van der Waals surface area (Å²) in [7, 11) is 0. The molecule has 1 heterocycles. The Morgan fingerprint density at radius 3 is 2.37 bits per heavy atom. The van der Waals surface area contributed by atoms with Crippen molar-refractivity contribution in [3.05, 3.63) is 24.3 Å². The molecule has 0 saturated heterocycles. The van der Waals surface area contributed by atoms with Crippen LogP contribution < -0.4 is 14.8 Å². The maximum absolute atomic E-state index is 5.92. The van der Waals surface area contributed by atoms with Gasteiger partial charge in [-0.25, -0.2) is 0 Å². The van der Waals surface area contributed by atoms with Gasteiger partial charge in [0.2, 0.25) is 5.79 Å². The number of fused-ring (bicyclic) bond motifs is 1. The average molecular weight is 261 g/mol. The van der Waals surface area contributed by atoms with Gasteiger partial charge in [0.05, 0.1) is 0 Å². The minimum Gasteiger partial charge on any atom is -0.449 e. The Hall–Kier alpha value is -1.22. The number of rotatable bonds is 4. The summed E-state index contributed by atoms with van der Waals surface area (Å²) in [6.07, 6.45) is 7.65. The van der Waals surface area contributed by atoms with E-state index in [-0.39, 0.29) is 0 Å². The van der Waals surface area contributed by atoms with Crippen molar-refractivity contribution in [1.82, 2.24) is 5.32 Å². The predicted octanol–water partition coefficient (Wildman–Crippen LogP) is 3.49. The van der Waals surface area contributed by atoms with Crippen LogP contribution in [0.4, 0.5) is 0 Å². The summed E-state index contributed by atoms with van der Waals surface area (Å²) in [4.78, 5) is 0. The fourth-order valence-corrected chi connectivity index (χ4v) is 3.02. The Morgan fingerprint density at radius 1 is 1.11 bits per heavy atom. The van der Waals surface area contributed by atoms with Crippen molar-refractivity contribution < 1.29 is 9.47 Å². The molecule has 0 amide bonds. The molecule has 1 aliphatic heterocycles. The van der Waals surface area contributed by atoms with Crippen LogP contribution in [0.3, 0.4) is 0 Å². The monoisotopic (exact) mass is 261 g/mol. The normalized spacial score (nSPS) is 21.5. The zero-order valence-corrected chi connectivity index (χ0v) is 11.7. The van der Waals surface area contributed by atoms with E-state index in [1.54, 1.807) is 0 Å². The number of benzene rings is 1.